The fourth-order valence-electron chi connectivity index (χ4n) is 2.58. The van der Waals surface area contributed by atoms with Crippen LogP contribution in [0.25, 0.3) is 0 Å². The lowest BCUT2D eigenvalue weighted by molar-refractivity contribution is 0.0777. The lowest BCUT2D eigenvalue weighted by Gasteiger charge is -2.23. The van der Waals surface area contributed by atoms with Crippen molar-refractivity contribution < 1.29 is 4.79 Å². The predicted molar refractivity (Wildman–Crippen MR) is 101 cm³/mol. The van der Waals surface area contributed by atoms with Crippen LogP contribution in [0.3, 0.4) is 0 Å². The van der Waals surface area contributed by atoms with E-state index in [2.05, 4.69) is 55.6 Å². The molecule has 0 aliphatic heterocycles. The number of rotatable bonds is 4. The molecule has 0 atom stereocenters. The number of hydrogen-bond donors (Lipinski definition) is 0. The summed E-state index contributed by atoms with van der Waals surface area (Å²) in [5, 5.41) is 4.60. The van der Waals surface area contributed by atoms with E-state index in [9.17, 15) is 4.79 Å². The maximum Gasteiger partial charge on any atom is 0.274 e. The molecule has 0 saturated carbocycles. The number of nitrogens with zero attached hydrogens (tertiary/aromatic N) is 3. The van der Waals surface area contributed by atoms with E-state index in [4.69, 9.17) is 0 Å². The van der Waals surface area contributed by atoms with Crippen LogP contribution in [0, 0.1) is 0 Å². The average Bonchev–Trinajstić information content (AvgIpc) is 2.94. The molecule has 2 rings (SSSR count). The number of carbonyl (C=O) groups excluding carboxylic acids is 1. The third kappa shape index (κ3) is 4.26. The smallest absolute Gasteiger partial charge is 0.274 e. The normalized spacial score (nSPS) is 11.8. The van der Waals surface area contributed by atoms with Crippen molar-refractivity contribution in [1.29, 1.82) is 0 Å². The van der Waals surface area contributed by atoms with Gasteiger partial charge < -0.3 is 4.90 Å². The summed E-state index contributed by atoms with van der Waals surface area (Å²) in [6, 6.07) is 9.93. The predicted octanol–water partition coefficient (Wildman–Crippen LogP) is 4.80. The van der Waals surface area contributed by atoms with Crippen molar-refractivity contribution in [3.63, 3.8) is 0 Å². The Bertz CT molecular complexity index is 711. The zero-order chi connectivity index (χ0) is 18.1. The first-order chi connectivity index (χ1) is 11.1. The van der Waals surface area contributed by atoms with E-state index in [0.717, 1.165) is 15.7 Å². The molecule has 0 spiro atoms. The molecule has 0 aliphatic carbocycles. The summed E-state index contributed by atoms with van der Waals surface area (Å²) in [6.45, 7) is 11.1. The van der Waals surface area contributed by atoms with Gasteiger partial charge in [0.2, 0.25) is 0 Å². The number of carbonyl (C=O) groups is 1. The first-order valence-corrected chi connectivity index (χ1v) is 8.99. The van der Waals surface area contributed by atoms with E-state index >= 15 is 0 Å². The van der Waals surface area contributed by atoms with Crippen molar-refractivity contribution in [3.05, 3.63) is 51.8 Å². The van der Waals surface area contributed by atoms with Gasteiger partial charge in [-0.1, -0.05) is 41.9 Å². The van der Waals surface area contributed by atoms with Crippen molar-refractivity contribution >= 4 is 21.8 Å². The van der Waals surface area contributed by atoms with E-state index in [1.807, 2.05) is 42.1 Å². The van der Waals surface area contributed by atoms with Gasteiger partial charge in [-0.3, -0.25) is 9.48 Å². The van der Waals surface area contributed by atoms with E-state index in [-0.39, 0.29) is 11.4 Å². The van der Waals surface area contributed by atoms with Gasteiger partial charge in [0.25, 0.3) is 5.91 Å². The second-order valence-corrected chi connectivity index (χ2v) is 8.40. The molecule has 130 valence electrons. The van der Waals surface area contributed by atoms with Crippen molar-refractivity contribution in [3.8, 4) is 0 Å². The number of amides is 1. The molecule has 0 unspecified atom stereocenters. The standard InChI is InChI=1S/C19H26BrN3O/c1-13(2)17-11-16(21-23(17)19(3,4)5)18(24)22(6)12-14-7-9-15(20)10-8-14/h7-11,13H,12H2,1-6H3. The molecule has 4 nitrogen and oxygen atoms in total. The largest absolute Gasteiger partial charge is 0.336 e. The van der Waals surface area contributed by atoms with Gasteiger partial charge in [0.05, 0.1) is 5.54 Å². The zero-order valence-corrected chi connectivity index (χ0v) is 16.9. The Hall–Kier alpha value is -1.62. The summed E-state index contributed by atoms with van der Waals surface area (Å²) >= 11 is 3.43. The molecule has 0 N–H and O–H groups in total. The van der Waals surface area contributed by atoms with Crippen LogP contribution in [-0.2, 0) is 12.1 Å². The Morgan fingerprint density at radius 1 is 1.25 bits per heavy atom. The summed E-state index contributed by atoms with van der Waals surface area (Å²) in [5.74, 6) is 0.262. The first kappa shape index (κ1) is 18.7. The number of halogens is 1. The Morgan fingerprint density at radius 2 is 1.83 bits per heavy atom. The lowest BCUT2D eigenvalue weighted by atomic mass is 10.1. The maximum absolute atomic E-state index is 12.8. The summed E-state index contributed by atoms with van der Waals surface area (Å²) in [5.41, 5.74) is 2.53. The molecule has 0 radical (unpaired) electrons. The molecule has 1 amide bonds. The van der Waals surface area contributed by atoms with Crippen molar-refractivity contribution in [1.82, 2.24) is 14.7 Å². The number of hydrogen-bond acceptors (Lipinski definition) is 2. The molecular weight excluding hydrogens is 366 g/mol. The summed E-state index contributed by atoms with van der Waals surface area (Å²) in [6.07, 6.45) is 0. The molecule has 0 bridgehead atoms. The van der Waals surface area contributed by atoms with Gasteiger partial charge in [-0.25, -0.2) is 0 Å². The van der Waals surface area contributed by atoms with Crippen LogP contribution in [0.15, 0.2) is 34.8 Å². The van der Waals surface area contributed by atoms with Gasteiger partial charge in [-0.2, -0.15) is 5.10 Å². The van der Waals surface area contributed by atoms with E-state index in [1.54, 1.807) is 4.90 Å². The van der Waals surface area contributed by atoms with Crippen LogP contribution in [0.5, 0.6) is 0 Å². The Balaban J connectivity index is 2.24. The highest BCUT2D eigenvalue weighted by molar-refractivity contribution is 9.10. The maximum atomic E-state index is 12.8. The average molecular weight is 392 g/mol. The molecule has 5 heteroatoms. The highest BCUT2D eigenvalue weighted by Gasteiger charge is 2.24. The van der Waals surface area contributed by atoms with Crippen LogP contribution >= 0.6 is 15.9 Å². The molecule has 0 saturated heterocycles. The minimum atomic E-state index is -0.150. The topological polar surface area (TPSA) is 38.1 Å². The number of benzene rings is 1. The van der Waals surface area contributed by atoms with Crippen LogP contribution in [0.1, 0.15) is 62.3 Å². The van der Waals surface area contributed by atoms with Crippen LogP contribution in [0.4, 0.5) is 0 Å². The quantitative estimate of drug-likeness (QED) is 0.750. The van der Waals surface area contributed by atoms with Crippen LogP contribution < -0.4 is 0 Å². The molecular formula is C19H26BrN3O. The summed E-state index contributed by atoms with van der Waals surface area (Å²) in [4.78, 5) is 14.5. The highest BCUT2D eigenvalue weighted by Crippen LogP contribution is 2.24. The Labute approximate surface area is 153 Å². The second kappa shape index (κ2) is 7.09. The van der Waals surface area contributed by atoms with Gasteiger partial charge in [0, 0.05) is 23.8 Å². The van der Waals surface area contributed by atoms with Gasteiger partial charge >= 0.3 is 0 Å². The monoisotopic (exact) mass is 391 g/mol. The molecule has 0 fully saturated rings. The van der Waals surface area contributed by atoms with Gasteiger partial charge in [0.15, 0.2) is 5.69 Å². The molecule has 1 heterocycles. The van der Waals surface area contributed by atoms with E-state index in [0.29, 0.717) is 18.2 Å². The van der Waals surface area contributed by atoms with Crippen LogP contribution in [-0.4, -0.2) is 27.6 Å². The van der Waals surface area contributed by atoms with Gasteiger partial charge in [-0.05, 0) is 50.5 Å². The fraction of sp³-hybridized carbons (Fsp3) is 0.474. The molecule has 0 aliphatic rings. The highest BCUT2D eigenvalue weighted by atomic mass is 79.9. The minimum absolute atomic E-state index is 0.0529. The molecule has 24 heavy (non-hydrogen) atoms. The Morgan fingerprint density at radius 3 is 2.29 bits per heavy atom. The SMILES string of the molecule is CC(C)c1cc(C(=O)N(C)Cc2ccc(Br)cc2)nn1C(C)(C)C. The summed E-state index contributed by atoms with van der Waals surface area (Å²) < 4.78 is 3.00. The zero-order valence-electron chi connectivity index (χ0n) is 15.3. The third-order valence-corrected chi connectivity index (χ3v) is 4.39. The van der Waals surface area contributed by atoms with Gasteiger partial charge in [-0.15, -0.1) is 0 Å². The molecule has 2 aromatic rings. The lowest BCUT2D eigenvalue weighted by Crippen LogP contribution is -2.28. The second-order valence-electron chi connectivity index (χ2n) is 7.48. The van der Waals surface area contributed by atoms with Crippen molar-refractivity contribution in [2.75, 3.05) is 7.05 Å². The van der Waals surface area contributed by atoms with E-state index < -0.39 is 0 Å². The van der Waals surface area contributed by atoms with Crippen molar-refractivity contribution in [2.45, 2.75) is 52.6 Å². The third-order valence-electron chi connectivity index (χ3n) is 3.86. The number of aromatic nitrogens is 2. The van der Waals surface area contributed by atoms with E-state index in [1.165, 1.54) is 0 Å². The Kier molecular flexibility index (Phi) is 5.53. The minimum Gasteiger partial charge on any atom is -0.336 e. The molecule has 1 aromatic carbocycles. The van der Waals surface area contributed by atoms with Crippen molar-refractivity contribution in [2.24, 2.45) is 0 Å². The first-order valence-electron chi connectivity index (χ1n) is 8.20. The van der Waals surface area contributed by atoms with Gasteiger partial charge in [0.1, 0.15) is 0 Å². The van der Waals surface area contributed by atoms with Crippen LogP contribution in [0.2, 0.25) is 0 Å². The summed E-state index contributed by atoms with van der Waals surface area (Å²) in [7, 11) is 1.82. The molecule has 1 aromatic heterocycles. The fourth-order valence-corrected chi connectivity index (χ4v) is 2.84.